The third kappa shape index (κ3) is 2.35. The first-order valence-corrected chi connectivity index (χ1v) is 10.9. The highest BCUT2D eigenvalue weighted by Crippen LogP contribution is 2.64. The summed E-state index contributed by atoms with van der Waals surface area (Å²) < 4.78 is 11.6. The SMILES string of the molecule is COc1ccccc1N1C(=O)[C@@H]2C3c4ccccc4C(OC(C)=O)(c4ccccc43)[C@H]2C1=O. The summed E-state index contributed by atoms with van der Waals surface area (Å²) in [6.07, 6.45) is 0. The van der Waals surface area contributed by atoms with Crippen LogP contribution in [0.3, 0.4) is 0 Å². The van der Waals surface area contributed by atoms with Gasteiger partial charge in [-0.05, 0) is 23.3 Å². The molecule has 0 unspecified atom stereocenters. The van der Waals surface area contributed by atoms with Crippen molar-refractivity contribution in [1.29, 1.82) is 0 Å². The lowest BCUT2D eigenvalue weighted by Crippen LogP contribution is -2.55. The molecule has 2 bridgehead atoms. The maximum absolute atomic E-state index is 14.1. The third-order valence-electron chi connectivity index (χ3n) is 7.17. The number of benzene rings is 3. The molecule has 2 atom stereocenters. The van der Waals surface area contributed by atoms with Crippen LogP contribution in [0.2, 0.25) is 0 Å². The average molecular weight is 439 g/mol. The number of para-hydroxylation sites is 2. The van der Waals surface area contributed by atoms with E-state index in [0.29, 0.717) is 11.4 Å². The molecule has 7 rings (SSSR count). The maximum atomic E-state index is 14.1. The lowest BCUT2D eigenvalue weighted by Gasteiger charge is -2.52. The number of imide groups is 1. The lowest BCUT2D eigenvalue weighted by atomic mass is 9.52. The highest BCUT2D eigenvalue weighted by atomic mass is 16.6. The van der Waals surface area contributed by atoms with Gasteiger partial charge in [-0.15, -0.1) is 0 Å². The van der Waals surface area contributed by atoms with Gasteiger partial charge in [0.15, 0.2) is 5.60 Å². The molecule has 3 aromatic carbocycles. The summed E-state index contributed by atoms with van der Waals surface area (Å²) in [6.45, 7) is 1.34. The van der Waals surface area contributed by atoms with E-state index in [1.165, 1.54) is 18.9 Å². The predicted molar refractivity (Wildman–Crippen MR) is 120 cm³/mol. The Bertz CT molecular complexity index is 1300. The standard InChI is InChI=1S/C27H21NO5/c1-15(29)33-27-18-11-5-3-9-16(18)22(17-10-4-6-12-19(17)27)23-24(27)26(31)28(25(23)30)20-13-7-8-14-21(20)32-2/h3-14,22-24H,1-2H3/t22?,23-,24-,27?/m1/s1. The summed E-state index contributed by atoms with van der Waals surface area (Å²) in [5.41, 5.74) is 2.40. The van der Waals surface area contributed by atoms with Gasteiger partial charge in [0, 0.05) is 24.0 Å². The van der Waals surface area contributed by atoms with Gasteiger partial charge in [-0.25, -0.2) is 4.90 Å². The summed E-state index contributed by atoms with van der Waals surface area (Å²) >= 11 is 0. The monoisotopic (exact) mass is 439 g/mol. The van der Waals surface area contributed by atoms with Crippen LogP contribution in [0, 0.1) is 11.8 Å². The predicted octanol–water partition coefficient (Wildman–Crippen LogP) is 3.77. The van der Waals surface area contributed by atoms with Crippen molar-refractivity contribution in [2.45, 2.75) is 18.4 Å². The fraction of sp³-hybridized carbons (Fsp3) is 0.222. The van der Waals surface area contributed by atoms with E-state index in [0.717, 1.165) is 22.3 Å². The van der Waals surface area contributed by atoms with E-state index in [9.17, 15) is 14.4 Å². The molecule has 6 heteroatoms. The quantitative estimate of drug-likeness (QED) is 0.459. The van der Waals surface area contributed by atoms with Crippen molar-refractivity contribution in [2.75, 3.05) is 12.0 Å². The highest BCUT2D eigenvalue weighted by Gasteiger charge is 2.70. The van der Waals surface area contributed by atoms with E-state index in [1.807, 2.05) is 48.5 Å². The molecule has 1 saturated heterocycles. The minimum Gasteiger partial charge on any atom is -0.495 e. The Morgan fingerprint density at radius 3 is 2.03 bits per heavy atom. The Hall–Kier alpha value is -3.93. The largest absolute Gasteiger partial charge is 0.495 e. The van der Waals surface area contributed by atoms with Gasteiger partial charge in [0.25, 0.3) is 0 Å². The van der Waals surface area contributed by atoms with Gasteiger partial charge in [-0.2, -0.15) is 0 Å². The molecular weight excluding hydrogens is 418 g/mol. The third-order valence-corrected chi connectivity index (χ3v) is 7.17. The van der Waals surface area contributed by atoms with Crippen molar-refractivity contribution in [3.8, 4) is 5.75 Å². The van der Waals surface area contributed by atoms with Gasteiger partial charge in [0.05, 0.1) is 24.6 Å². The number of methoxy groups -OCH3 is 1. The molecule has 0 saturated carbocycles. The Balaban J connectivity index is 1.66. The van der Waals surface area contributed by atoms with Crippen molar-refractivity contribution in [1.82, 2.24) is 0 Å². The minimum atomic E-state index is -1.37. The van der Waals surface area contributed by atoms with Gasteiger partial charge in [0.2, 0.25) is 11.8 Å². The van der Waals surface area contributed by atoms with Crippen molar-refractivity contribution in [3.05, 3.63) is 95.1 Å². The second-order valence-corrected chi connectivity index (χ2v) is 8.67. The van der Waals surface area contributed by atoms with Crippen molar-refractivity contribution >= 4 is 23.5 Å². The first-order valence-electron chi connectivity index (χ1n) is 10.9. The molecule has 1 heterocycles. The first kappa shape index (κ1) is 19.7. The molecule has 3 aromatic rings. The van der Waals surface area contributed by atoms with Crippen molar-refractivity contribution < 1.29 is 23.9 Å². The van der Waals surface area contributed by atoms with Crippen LogP contribution >= 0.6 is 0 Å². The fourth-order valence-corrected chi connectivity index (χ4v) is 6.15. The van der Waals surface area contributed by atoms with Gasteiger partial charge in [0.1, 0.15) is 5.75 Å². The summed E-state index contributed by atoms with van der Waals surface area (Å²) in [5.74, 6) is -2.63. The van der Waals surface area contributed by atoms with Crippen LogP contribution in [0.1, 0.15) is 35.1 Å². The molecule has 2 amide bonds. The number of carbonyl (C=O) groups is 3. The van der Waals surface area contributed by atoms with Crippen LogP contribution in [-0.2, 0) is 24.7 Å². The molecule has 0 spiro atoms. The molecule has 3 aliphatic carbocycles. The van der Waals surface area contributed by atoms with Crippen LogP contribution in [0.25, 0.3) is 0 Å². The summed E-state index contributed by atoms with van der Waals surface area (Å²) in [5, 5.41) is 0. The Morgan fingerprint density at radius 2 is 1.42 bits per heavy atom. The zero-order valence-electron chi connectivity index (χ0n) is 18.1. The zero-order chi connectivity index (χ0) is 22.9. The van der Waals surface area contributed by atoms with E-state index in [2.05, 4.69) is 0 Å². The second-order valence-electron chi connectivity index (χ2n) is 8.67. The Kier molecular flexibility index (Phi) is 4.06. The topological polar surface area (TPSA) is 72.9 Å². The normalized spacial score (nSPS) is 26.5. The van der Waals surface area contributed by atoms with E-state index in [-0.39, 0.29) is 17.7 Å². The van der Waals surface area contributed by atoms with Crippen LogP contribution in [0.4, 0.5) is 5.69 Å². The van der Waals surface area contributed by atoms with E-state index in [1.54, 1.807) is 24.3 Å². The van der Waals surface area contributed by atoms with Crippen LogP contribution in [-0.4, -0.2) is 24.9 Å². The van der Waals surface area contributed by atoms with Crippen molar-refractivity contribution in [3.63, 3.8) is 0 Å². The highest BCUT2D eigenvalue weighted by molar-refractivity contribution is 6.24. The molecular formula is C27H21NO5. The van der Waals surface area contributed by atoms with Gasteiger partial charge in [-0.1, -0.05) is 60.7 Å². The lowest BCUT2D eigenvalue weighted by molar-refractivity contribution is -0.167. The molecule has 0 aromatic heterocycles. The number of hydrogen-bond donors (Lipinski definition) is 0. The van der Waals surface area contributed by atoms with E-state index >= 15 is 0 Å². The number of anilines is 1. The first-order chi connectivity index (χ1) is 16.0. The second kappa shape index (κ2) is 6.78. The maximum Gasteiger partial charge on any atom is 0.303 e. The van der Waals surface area contributed by atoms with E-state index in [4.69, 9.17) is 9.47 Å². The Labute approximate surface area is 190 Å². The van der Waals surface area contributed by atoms with Gasteiger partial charge >= 0.3 is 5.97 Å². The smallest absolute Gasteiger partial charge is 0.303 e. The molecule has 164 valence electrons. The number of hydrogen-bond acceptors (Lipinski definition) is 5. The summed E-state index contributed by atoms with van der Waals surface area (Å²) in [4.78, 5) is 41.7. The number of amides is 2. The van der Waals surface area contributed by atoms with Crippen LogP contribution in [0.15, 0.2) is 72.8 Å². The van der Waals surface area contributed by atoms with Crippen LogP contribution < -0.4 is 9.64 Å². The van der Waals surface area contributed by atoms with E-state index < -0.39 is 23.4 Å². The molecule has 4 aliphatic rings. The number of carbonyl (C=O) groups excluding carboxylic acids is 3. The molecule has 6 nitrogen and oxygen atoms in total. The molecule has 0 N–H and O–H groups in total. The molecule has 1 aliphatic heterocycles. The number of rotatable bonds is 3. The molecule has 0 radical (unpaired) electrons. The number of nitrogens with zero attached hydrogens (tertiary/aromatic N) is 1. The summed E-state index contributed by atoms with van der Waals surface area (Å²) in [7, 11) is 1.51. The molecule has 33 heavy (non-hydrogen) atoms. The molecule has 1 fully saturated rings. The average Bonchev–Trinajstić information content (AvgIpc) is 3.10. The van der Waals surface area contributed by atoms with Gasteiger partial charge in [-0.3, -0.25) is 14.4 Å². The minimum absolute atomic E-state index is 0.306. The number of ether oxygens (including phenoxy) is 2. The fourth-order valence-electron chi connectivity index (χ4n) is 6.15. The number of esters is 1. The van der Waals surface area contributed by atoms with Crippen LogP contribution in [0.5, 0.6) is 5.75 Å². The van der Waals surface area contributed by atoms with Crippen molar-refractivity contribution in [2.24, 2.45) is 11.8 Å². The Morgan fingerprint density at radius 1 is 0.848 bits per heavy atom. The van der Waals surface area contributed by atoms with Gasteiger partial charge < -0.3 is 9.47 Å². The zero-order valence-corrected chi connectivity index (χ0v) is 18.1. The summed E-state index contributed by atoms with van der Waals surface area (Å²) in [6, 6.07) is 22.3.